The fourth-order valence-corrected chi connectivity index (χ4v) is 2.86. The van der Waals surface area contributed by atoms with Crippen LogP contribution >= 0.6 is 15.9 Å². The molecule has 1 N–H and O–H groups in total. The number of hydrogen-bond acceptors (Lipinski definition) is 2. The minimum atomic E-state index is -0.240. The summed E-state index contributed by atoms with van der Waals surface area (Å²) in [6, 6.07) is 6.94. The summed E-state index contributed by atoms with van der Waals surface area (Å²) in [4.78, 5) is 0. The highest BCUT2D eigenvalue weighted by Gasteiger charge is 2.19. The highest BCUT2D eigenvalue weighted by atomic mass is 79.9. The Labute approximate surface area is 127 Å². The minimum Gasteiger partial charge on any atom is -0.466 e. The van der Waals surface area contributed by atoms with E-state index in [0.29, 0.717) is 0 Å². The summed E-state index contributed by atoms with van der Waals surface area (Å²) in [5.74, 6) is 1.50. The number of nitrogens with one attached hydrogen (secondary N) is 1. The normalized spacial score (nSPS) is 12.7. The van der Waals surface area contributed by atoms with Gasteiger partial charge in [-0.05, 0) is 56.6 Å². The lowest BCUT2D eigenvalue weighted by Crippen LogP contribution is -2.23. The van der Waals surface area contributed by atoms with Crippen LogP contribution in [-0.2, 0) is 0 Å². The van der Waals surface area contributed by atoms with Gasteiger partial charge in [0.05, 0.1) is 6.04 Å². The molecule has 1 heterocycles. The Bertz CT molecular complexity index is 574. The topological polar surface area (TPSA) is 25.2 Å². The smallest absolute Gasteiger partial charge is 0.124 e. The number of aryl methyl sites for hydroxylation is 2. The molecule has 0 radical (unpaired) electrons. The largest absolute Gasteiger partial charge is 0.466 e. The number of hydrogen-bond donors (Lipinski definition) is 1. The van der Waals surface area contributed by atoms with Gasteiger partial charge in [0.15, 0.2) is 0 Å². The van der Waals surface area contributed by atoms with Crippen molar-refractivity contribution in [1.82, 2.24) is 5.32 Å². The second-order valence-corrected chi connectivity index (χ2v) is 5.87. The third kappa shape index (κ3) is 3.49. The van der Waals surface area contributed by atoms with E-state index in [1.54, 1.807) is 6.07 Å². The van der Waals surface area contributed by atoms with Gasteiger partial charge in [-0.2, -0.15) is 0 Å². The highest BCUT2D eigenvalue weighted by Crippen LogP contribution is 2.29. The predicted molar refractivity (Wildman–Crippen MR) is 82.4 cm³/mol. The predicted octanol–water partition coefficient (Wildman–Crippen LogP) is 4.89. The van der Waals surface area contributed by atoms with E-state index in [4.69, 9.17) is 4.42 Å². The average molecular weight is 340 g/mol. The molecule has 0 saturated carbocycles. The molecule has 0 saturated heterocycles. The number of rotatable bonds is 5. The van der Waals surface area contributed by atoms with Crippen LogP contribution in [0.1, 0.15) is 42.0 Å². The van der Waals surface area contributed by atoms with E-state index in [1.165, 1.54) is 6.07 Å². The lowest BCUT2D eigenvalue weighted by Gasteiger charge is -2.19. The summed E-state index contributed by atoms with van der Waals surface area (Å²) in [5, 5.41) is 3.46. The van der Waals surface area contributed by atoms with Crippen LogP contribution in [0.15, 0.2) is 33.2 Å². The van der Waals surface area contributed by atoms with E-state index in [-0.39, 0.29) is 11.9 Å². The van der Waals surface area contributed by atoms with Crippen molar-refractivity contribution in [2.24, 2.45) is 0 Å². The van der Waals surface area contributed by atoms with E-state index in [9.17, 15) is 4.39 Å². The van der Waals surface area contributed by atoms with Crippen LogP contribution in [-0.4, -0.2) is 6.54 Å². The SMILES string of the molecule is CCCNC(c1cc(F)cc(Br)c1)c1cc(C)oc1C. The van der Waals surface area contributed by atoms with Gasteiger partial charge in [0, 0.05) is 10.0 Å². The van der Waals surface area contributed by atoms with Crippen molar-refractivity contribution in [3.05, 3.63) is 57.2 Å². The third-order valence-electron chi connectivity index (χ3n) is 3.21. The third-order valence-corrected chi connectivity index (χ3v) is 3.66. The molecule has 1 aromatic carbocycles. The lowest BCUT2D eigenvalue weighted by atomic mass is 9.98. The summed E-state index contributed by atoms with van der Waals surface area (Å²) >= 11 is 3.35. The van der Waals surface area contributed by atoms with Crippen LogP contribution in [0.25, 0.3) is 0 Å². The van der Waals surface area contributed by atoms with Gasteiger partial charge in [-0.15, -0.1) is 0 Å². The van der Waals surface area contributed by atoms with Crippen molar-refractivity contribution < 1.29 is 8.81 Å². The maximum Gasteiger partial charge on any atom is 0.124 e. The van der Waals surface area contributed by atoms with Crippen LogP contribution in [0.3, 0.4) is 0 Å². The quantitative estimate of drug-likeness (QED) is 0.839. The molecule has 108 valence electrons. The Balaban J connectivity index is 2.43. The van der Waals surface area contributed by atoms with Crippen LogP contribution < -0.4 is 5.32 Å². The van der Waals surface area contributed by atoms with E-state index in [0.717, 1.165) is 40.1 Å². The zero-order chi connectivity index (χ0) is 14.7. The van der Waals surface area contributed by atoms with Gasteiger partial charge >= 0.3 is 0 Å². The molecule has 4 heteroatoms. The van der Waals surface area contributed by atoms with Gasteiger partial charge < -0.3 is 9.73 Å². The van der Waals surface area contributed by atoms with Crippen molar-refractivity contribution in [3.8, 4) is 0 Å². The first-order valence-corrected chi connectivity index (χ1v) is 7.57. The molecule has 0 aliphatic carbocycles. The molecule has 0 aliphatic heterocycles. The first-order chi connectivity index (χ1) is 9.51. The lowest BCUT2D eigenvalue weighted by molar-refractivity contribution is 0.493. The van der Waals surface area contributed by atoms with Gasteiger partial charge in [-0.25, -0.2) is 4.39 Å². The second kappa shape index (κ2) is 6.55. The molecule has 2 nitrogen and oxygen atoms in total. The van der Waals surface area contributed by atoms with Crippen LogP contribution in [0.4, 0.5) is 4.39 Å². The van der Waals surface area contributed by atoms with E-state index < -0.39 is 0 Å². The molecule has 20 heavy (non-hydrogen) atoms. The summed E-state index contributed by atoms with van der Waals surface area (Å²) in [6.07, 6.45) is 1.02. The van der Waals surface area contributed by atoms with Crippen LogP contribution in [0.2, 0.25) is 0 Å². The Morgan fingerprint density at radius 2 is 2.00 bits per heavy atom. The van der Waals surface area contributed by atoms with E-state index >= 15 is 0 Å². The van der Waals surface area contributed by atoms with Crippen molar-refractivity contribution in [3.63, 3.8) is 0 Å². The molecule has 2 rings (SSSR count). The van der Waals surface area contributed by atoms with Gasteiger partial charge in [0.25, 0.3) is 0 Å². The molecular weight excluding hydrogens is 321 g/mol. The van der Waals surface area contributed by atoms with Gasteiger partial charge in [0.1, 0.15) is 17.3 Å². The summed E-state index contributed by atoms with van der Waals surface area (Å²) in [5.41, 5.74) is 1.96. The van der Waals surface area contributed by atoms with Crippen molar-refractivity contribution in [1.29, 1.82) is 0 Å². The monoisotopic (exact) mass is 339 g/mol. The van der Waals surface area contributed by atoms with Crippen molar-refractivity contribution in [2.45, 2.75) is 33.2 Å². The number of furan rings is 1. The zero-order valence-corrected chi connectivity index (χ0v) is 13.6. The van der Waals surface area contributed by atoms with Crippen molar-refractivity contribution >= 4 is 15.9 Å². The molecule has 0 aliphatic rings. The van der Waals surface area contributed by atoms with Crippen molar-refractivity contribution in [2.75, 3.05) is 6.54 Å². The first kappa shape index (κ1) is 15.3. The molecule has 0 spiro atoms. The maximum absolute atomic E-state index is 13.7. The van der Waals surface area contributed by atoms with Gasteiger partial charge in [-0.1, -0.05) is 22.9 Å². The fourth-order valence-electron chi connectivity index (χ4n) is 2.37. The maximum atomic E-state index is 13.7. The molecule has 1 atom stereocenters. The average Bonchev–Trinajstić information content (AvgIpc) is 2.68. The molecule has 0 fully saturated rings. The minimum absolute atomic E-state index is 0.0561. The van der Waals surface area contributed by atoms with Crippen LogP contribution in [0, 0.1) is 19.7 Å². The molecule has 0 amide bonds. The Kier molecular flexibility index (Phi) is 5.00. The second-order valence-electron chi connectivity index (χ2n) is 4.96. The highest BCUT2D eigenvalue weighted by molar-refractivity contribution is 9.10. The molecule has 1 aromatic heterocycles. The fraction of sp³-hybridized carbons (Fsp3) is 0.375. The molecule has 1 unspecified atom stereocenters. The standard InChI is InChI=1S/C16H19BrFNO/c1-4-5-19-16(15-6-10(2)20-11(15)3)12-7-13(17)9-14(18)8-12/h6-9,16,19H,4-5H2,1-3H3. The van der Waals surface area contributed by atoms with E-state index in [1.807, 2.05) is 26.0 Å². The molecule has 2 aromatic rings. The first-order valence-electron chi connectivity index (χ1n) is 6.77. The Morgan fingerprint density at radius 3 is 2.55 bits per heavy atom. The Hall–Kier alpha value is -1.13. The molecule has 0 bridgehead atoms. The van der Waals surface area contributed by atoms with Gasteiger partial charge in [0.2, 0.25) is 0 Å². The number of benzene rings is 1. The van der Waals surface area contributed by atoms with E-state index in [2.05, 4.69) is 28.2 Å². The Morgan fingerprint density at radius 1 is 1.25 bits per heavy atom. The van der Waals surface area contributed by atoms with Gasteiger partial charge in [-0.3, -0.25) is 0 Å². The van der Waals surface area contributed by atoms with Crippen LogP contribution in [0.5, 0.6) is 0 Å². The summed E-state index contributed by atoms with van der Waals surface area (Å²) in [6.45, 7) is 6.84. The summed E-state index contributed by atoms with van der Waals surface area (Å²) < 4.78 is 20.0. The zero-order valence-electron chi connectivity index (χ0n) is 12.0. The summed E-state index contributed by atoms with van der Waals surface area (Å²) in [7, 11) is 0. The number of halogens is 2. The molecular formula is C16H19BrFNO.